The summed E-state index contributed by atoms with van der Waals surface area (Å²) >= 11 is 1.32. The number of amides is 1. The van der Waals surface area contributed by atoms with Crippen molar-refractivity contribution in [1.29, 1.82) is 0 Å². The van der Waals surface area contributed by atoms with E-state index in [2.05, 4.69) is 11.9 Å². The molecule has 2 aromatic rings. The molecule has 0 unspecified atom stereocenters. The number of unbranched alkanes of at least 4 members (excludes halogenated alkanes) is 1. The highest BCUT2D eigenvalue weighted by Gasteiger charge is 2.08. The van der Waals surface area contributed by atoms with Gasteiger partial charge in [0.2, 0.25) is 0 Å². The first-order valence-corrected chi connectivity index (χ1v) is 9.07. The lowest BCUT2D eigenvalue weighted by molar-refractivity contribution is -0.117. The van der Waals surface area contributed by atoms with E-state index in [1.165, 1.54) is 23.1 Å². The molecule has 0 aliphatic carbocycles. The Morgan fingerprint density at radius 3 is 2.33 bits per heavy atom. The molecule has 0 saturated carbocycles. The molecule has 1 aromatic heterocycles. The predicted octanol–water partition coefficient (Wildman–Crippen LogP) is 5.01. The fourth-order valence-corrected chi connectivity index (χ4v) is 2.49. The Hall–Kier alpha value is -2.01. The van der Waals surface area contributed by atoms with Crippen molar-refractivity contribution < 1.29 is 9.59 Å². The van der Waals surface area contributed by atoms with E-state index in [1.54, 1.807) is 6.92 Å². The molecular formula is C19H28N2O2S. The van der Waals surface area contributed by atoms with Crippen molar-refractivity contribution in [2.45, 2.75) is 53.9 Å². The van der Waals surface area contributed by atoms with Crippen LogP contribution < -0.4 is 5.73 Å². The second-order valence-electron chi connectivity index (χ2n) is 5.07. The number of thiazole rings is 1. The monoisotopic (exact) mass is 348 g/mol. The summed E-state index contributed by atoms with van der Waals surface area (Å²) in [4.78, 5) is 25.8. The van der Waals surface area contributed by atoms with Crippen LogP contribution >= 0.6 is 11.3 Å². The third kappa shape index (κ3) is 8.58. The summed E-state index contributed by atoms with van der Waals surface area (Å²) in [6.07, 6.45) is 4.45. The number of hydrogen-bond acceptors (Lipinski definition) is 4. The number of rotatable bonds is 5. The minimum absolute atomic E-state index is 0.307. The Kier molecular flexibility index (Phi) is 11.4. The van der Waals surface area contributed by atoms with Crippen LogP contribution in [0.25, 0.3) is 10.6 Å². The predicted molar refractivity (Wildman–Crippen MR) is 102 cm³/mol. The minimum Gasteiger partial charge on any atom is -0.365 e. The SMILES string of the molecule is CC.CCCCC(C)=O.Cc1cccc(-c2ncc(C(N)=O)s2)c1. The maximum absolute atomic E-state index is 10.9. The quantitative estimate of drug-likeness (QED) is 0.825. The highest BCUT2D eigenvalue weighted by atomic mass is 32.1. The number of hydrogen-bond donors (Lipinski definition) is 1. The summed E-state index contributed by atoms with van der Waals surface area (Å²) < 4.78 is 0. The van der Waals surface area contributed by atoms with Crippen LogP contribution in [0.4, 0.5) is 0 Å². The van der Waals surface area contributed by atoms with Gasteiger partial charge in [-0.3, -0.25) is 4.79 Å². The van der Waals surface area contributed by atoms with Crippen LogP contribution in [-0.4, -0.2) is 16.7 Å². The number of nitrogens with two attached hydrogens (primary N) is 1. The standard InChI is InChI=1S/C11H10N2OS.C6H12O.C2H6/c1-7-3-2-4-8(5-7)11-13-6-9(15-11)10(12)14;1-3-4-5-6(2)7;1-2/h2-6H,1H3,(H2,12,14);3-5H2,1-2H3;1-2H3. The van der Waals surface area contributed by atoms with Crippen molar-refractivity contribution in [2.24, 2.45) is 5.73 Å². The molecule has 0 aliphatic rings. The first-order valence-electron chi connectivity index (χ1n) is 8.26. The van der Waals surface area contributed by atoms with Gasteiger partial charge in [0.15, 0.2) is 0 Å². The molecule has 24 heavy (non-hydrogen) atoms. The third-order valence-corrected chi connectivity index (χ3v) is 3.96. The van der Waals surface area contributed by atoms with E-state index < -0.39 is 5.91 Å². The van der Waals surface area contributed by atoms with Crippen molar-refractivity contribution >= 4 is 23.0 Å². The zero-order valence-corrected chi connectivity index (χ0v) is 16.1. The van der Waals surface area contributed by atoms with Crippen LogP contribution in [0.15, 0.2) is 30.5 Å². The van der Waals surface area contributed by atoms with Crippen molar-refractivity contribution in [3.63, 3.8) is 0 Å². The number of nitrogens with zero attached hydrogens (tertiary/aromatic N) is 1. The molecule has 0 saturated heterocycles. The van der Waals surface area contributed by atoms with E-state index >= 15 is 0 Å². The van der Waals surface area contributed by atoms with Crippen molar-refractivity contribution in [2.75, 3.05) is 0 Å². The molecule has 4 nitrogen and oxygen atoms in total. The molecule has 1 heterocycles. The fraction of sp³-hybridized carbons (Fsp3) is 0.421. The number of benzene rings is 1. The van der Waals surface area contributed by atoms with Crippen LogP contribution in [-0.2, 0) is 4.79 Å². The molecule has 0 radical (unpaired) electrons. The van der Waals surface area contributed by atoms with E-state index in [9.17, 15) is 9.59 Å². The summed E-state index contributed by atoms with van der Waals surface area (Å²) in [5.41, 5.74) is 7.36. The molecule has 0 aliphatic heterocycles. The molecular weight excluding hydrogens is 320 g/mol. The molecule has 2 N–H and O–H groups in total. The number of aryl methyl sites for hydroxylation is 1. The lowest BCUT2D eigenvalue weighted by Gasteiger charge is -1.96. The summed E-state index contributed by atoms with van der Waals surface area (Å²) in [5, 5.41) is 0.826. The minimum atomic E-state index is -0.425. The summed E-state index contributed by atoms with van der Waals surface area (Å²) in [6.45, 7) is 9.74. The van der Waals surface area contributed by atoms with Gasteiger partial charge in [-0.2, -0.15) is 0 Å². The van der Waals surface area contributed by atoms with Gasteiger partial charge in [0.05, 0.1) is 6.20 Å². The van der Waals surface area contributed by atoms with Gasteiger partial charge < -0.3 is 10.5 Å². The van der Waals surface area contributed by atoms with E-state index in [1.807, 2.05) is 45.0 Å². The first kappa shape index (κ1) is 22.0. The van der Waals surface area contributed by atoms with Crippen LogP contribution in [0.5, 0.6) is 0 Å². The molecule has 0 spiro atoms. The number of Topliss-reactive ketones (excluding diaryl/α,β-unsaturated/α-hetero) is 1. The van der Waals surface area contributed by atoms with Gasteiger partial charge in [-0.1, -0.05) is 51.0 Å². The third-order valence-electron chi connectivity index (χ3n) is 2.90. The van der Waals surface area contributed by atoms with E-state index in [0.29, 0.717) is 10.7 Å². The lowest BCUT2D eigenvalue weighted by atomic mass is 10.1. The first-order chi connectivity index (χ1) is 11.4. The zero-order valence-electron chi connectivity index (χ0n) is 15.3. The largest absolute Gasteiger partial charge is 0.365 e. The maximum atomic E-state index is 10.9. The summed E-state index contributed by atoms with van der Waals surface area (Å²) in [7, 11) is 0. The second kappa shape index (κ2) is 12.4. The molecule has 2 rings (SSSR count). The van der Waals surface area contributed by atoms with Crippen molar-refractivity contribution in [1.82, 2.24) is 4.98 Å². The highest BCUT2D eigenvalue weighted by molar-refractivity contribution is 7.16. The van der Waals surface area contributed by atoms with Gasteiger partial charge in [0.1, 0.15) is 15.7 Å². The van der Waals surface area contributed by atoms with Crippen LogP contribution in [0.2, 0.25) is 0 Å². The number of carbonyl (C=O) groups excluding carboxylic acids is 2. The smallest absolute Gasteiger partial charge is 0.260 e. The van der Waals surface area contributed by atoms with E-state index in [4.69, 9.17) is 5.73 Å². The topological polar surface area (TPSA) is 73.1 Å². The van der Waals surface area contributed by atoms with Gasteiger partial charge in [-0.15, -0.1) is 11.3 Å². The number of primary amides is 1. The average Bonchev–Trinajstić information content (AvgIpc) is 3.06. The van der Waals surface area contributed by atoms with Crippen molar-refractivity contribution in [3.05, 3.63) is 40.9 Å². The Morgan fingerprint density at radius 2 is 1.92 bits per heavy atom. The maximum Gasteiger partial charge on any atom is 0.260 e. The van der Waals surface area contributed by atoms with Crippen LogP contribution in [0.3, 0.4) is 0 Å². The molecule has 5 heteroatoms. The molecule has 0 fully saturated rings. The molecule has 1 aromatic carbocycles. The summed E-state index contributed by atoms with van der Waals surface area (Å²) in [5.74, 6) is -0.117. The highest BCUT2D eigenvalue weighted by Crippen LogP contribution is 2.25. The molecule has 132 valence electrons. The Bertz CT molecular complexity index is 636. The Morgan fingerprint density at radius 1 is 1.25 bits per heavy atom. The number of ketones is 1. The van der Waals surface area contributed by atoms with Gasteiger partial charge in [-0.25, -0.2) is 4.98 Å². The molecule has 0 bridgehead atoms. The summed E-state index contributed by atoms with van der Waals surface area (Å²) in [6, 6.07) is 7.99. The Balaban J connectivity index is 0.000000501. The van der Waals surface area contributed by atoms with Gasteiger partial charge in [0, 0.05) is 12.0 Å². The zero-order chi connectivity index (χ0) is 18.5. The molecule has 0 atom stereocenters. The van der Waals surface area contributed by atoms with Crippen LogP contribution in [0.1, 0.15) is 62.2 Å². The normalized spacial score (nSPS) is 9.21. The average molecular weight is 349 g/mol. The number of aromatic nitrogens is 1. The van der Waals surface area contributed by atoms with E-state index in [0.717, 1.165) is 29.8 Å². The fourth-order valence-electron chi connectivity index (χ4n) is 1.73. The Labute approximate surface area is 149 Å². The van der Waals surface area contributed by atoms with Gasteiger partial charge in [-0.05, 0) is 26.3 Å². The van der Waals surface area contributed by atoms with Crippen LogP contribution in [0, 0.1) is 6.92 Å². The molecule has 1 amide bonds. The van der Waals surface area contributed by atoms with Crippen molar-refractivity contribution in [3.8, 4) is 10.6 Å². The second-order valence-corrected chi connectivity index (χ2v) is 6.10. The lowest BCUT2D eigenvalue weighted by Crippen LogP contribution is -2.08. The van der Waals surface area contributed by atoms with E-state index in [-0.39, 0.29) is 0 Å². The van der Waals surface area contributed by atoms with Gasteiger partial charge >= 0.3 is 0 Å². The number of carbonyl (C=O) groups is 2. The van der Waals surface area contributed by atoms with Gasteiger partial charge in [0.25, 0.3) is 5.91 Å².